The summed E-state index contributed by atoms with van der Waals surface area (Å²) in [5.74, 6) is 0. The summed E-state index contributed by atoms with van der Waals surface area (Å²) in [5, 5.41) is 14.7. The van der Waals surface area contributed by atoms with Crippen LogP contribution in [0.1, 0.15) is 102 Å². The van der Waals surface area contributed by atoms with Crippen molar-refractivity contribution in [1.82, 2.24) is 21.3 Å². The second kappa shape index (κ2) is 8.69. The first-order valence-electron chi connectivity index (χ1n) is 10.6. The Labute approximate surface area is 171 Å². The summed E-state index contributed by atoms with van der Waals surface area (Å²) in [6, 6.07) is 0. The van der Waals surface area contributed by atoms with Crippen LogP contribution < -0.4 is 21.3 Å². The molecule has 0 saturated heterocycles. The van der Waals surface area contributed by atoms with E-state index in [1.807, 2.05) is 14.1 Å². The summed E-state index contributed by atoms with van der Waals surface area (Å²) < 4.78 is 0. The molecule has 0 aliphatic heterocycles. The van der Waals surface area contributed by atoms with Crippen molar-refractivity contribution < 1.29 is 0 Å². The van der Waals surface area contributed by atoms with Gasteiger partial charge in [-0.25, -0.2) is 0 Å². The predicted molar refractivity (Wildman–Crippen MR) is 123 cm³/mol. The van der Waals surface area contributed by atoms with Gasteiger partial charge < -0.3 is 21.3 Å². The summed E-state index contributed by atoms with van der Waals surface area (Å²) >= 11 is 0. The molecule has 4 nitrogen and oxygen atoms in total. The van der Waals surface area contributed by atoms with Crippen LogP contribution in [0.15, 0.2) is 0 Å². The molecule has 0 aliphatic rings. The SMILES string of the molecule is CNC(C)(C)CC(C)(C)NC(C)(C)CC(C)(C)NC(C)(C)CC(C)(C)NC. The summed E-state index contributed by atoms with van der Waals surface area (Å²) in [6.45, 7) is 27.6. The lowest BCUT2D eigenvalue weighted by Crippen LogP contribution is -2.62. The van der Waals surface area contributed by atoms with Gasteiger partial charge in [0.2, 0.25) is 0 Å². The highest BCUT2D eigenvalue weighted by molar-refractivity contribution is 5.00. The van der Waals surface area contributed by atoms with Gasteiger partial charge in [-0.05, 0) is 116 Å². The molecule has 0 aromatic carbocycles. The molecular weight excluding hydrogens is 332 g/mol. The highest BCUT2D eigenvalue weighted by atomic mass is 15.1. The highest BCUT2D eigenvalue weighted by Gasteiger charge is 2.38. The standard InChI is InChI=1S/C23H52N4/c1-18(2,24-13)15-20(5,6)26-22(9,10)17-23(11,12)27-21(7,8)16-19(3,4)25-14/h24-27H,15-17H2,1-14H3. The molecule has 0 spiro atoms. The molecular formula is C23H52N4. The molecule has 0 rings (SSSR count). The Morgan fingerprint density at radius 1 is 0.370 bits per heavy atom. The first-order chi connectivity index (χ1) is 11.7. The molecule has 164 valence electrons. The molecule has 4 heteroatoms. The minimum atomic E-state index is 0.0262. The third-order valence-corrected chi connectivity index (χ3v) is 5.36. The van der Waals surface area contributed by atoms with E-state index < -0.39 is 0 Å². The number of hydrogen-bond donors (Lipinski definition) is 4. The molecule has 0 aromatic rings. The minimum absolute atomic E-state index is 0.0262. The van der Waals surface area contributed by atoms with Crippen molar-refractivity contribution in [3.63, 3.8) is 0 Å². The van der Waals surface area contributed by atoms with Crippen molar-refractivity contribution >= 4 is 0 Å². The summed E-state index contributed by atoms with van der Waals surface area (Å²) in [6.07, 6.45) is 3.18. The van der Waals surface area contributed by atoms with Gasteiger partial charge in [-0.2, -0.15) is 0 Å². The van der Waals surface area contributed by atoms with E-state index in [0.29, 0.717) is 0 Å². The van der Waals surface area contributed by atoms with Gasteiger partial charge in [0.15, 0.2) is 0 Å². The van der Waals surface area contributed by atoms with E-state index in [1.165, 1.54) is 0 Å². The summed E-state index contributed by atoms with van der Waals surface area (Å²) in [7, 11) is 4.09. The zero-order chi connectivity index (χ0) is 21.9. The van der Waals surface area contributed by atoms with Crippen LogP contribution in [0, 0.1) is 0 Å². The van der Waals surface area contributed by atoms with Gasteiger partial charge in [0.1, 0.15) is 0 Å². The van der Waals surface area contributed by atoms with E-state index in [4.69, 9.17) is 0 Å². The second-order valence-corrected chi connectivity index (χ2v) is 12.6. The van der Waals surface area contributed by atoms with E-state index in [-0.39, 0.29) is 33.2 Å². The molecule has 0 unspecified atom stereocenters. The molecule has 0 radical (unpaired) electrons. The fourth-order valence-electron chi connectivity index (χ4n) is 5.50. The van der Waals surface area contributed by atoms with Crippen LogP contribution in [0.2, 0.25) is 0 Å². The van der Waals surface area contributed by atoms with E-state index in [0.717, 1.165) is 19.3 Å². The van der Waals surface area contributed by atoms with Crippen molar-refractivity contribution in [2.75, 3.05) is 14.1 Å². The molecule has 27 heavy (non-hydrogen) atoms. The van der Waals surface area contributed by atoms with Gasteiger partial charge in [0.25, 0.3) is 0 Å². The Hall–Kier alpha value is -0.160. The predicted octanol–water partition coefficient (Wildman–Crippen LogP) is 4.45. The molecule has 0 aliphatic carbocycles. The monoisotopic (exact) mass is 384 g/mol. The maximum atomic E-state index is 3.93. The number of hydrogen-bond acceptors (Lipinski definition) is 4. The zero-order valence-corrected chi connectivity index (χ0v) is 21.1. The first-order valence-corrected chi connectivity index (χ1v) is 10.6. The Morgan fingerprint density at radius 3 is 0.741 bits per heavy atom. The van der Waals surface area contributed by atoms with Crippen LogP contribution in [0.5, 0.6) is 0 Å². The highest BCUT2D eigenvalue weighted by Crippen LogP contribution is 2.29. The lowest BCUT2D eigenvalue weighted by Gasteiger charge is -2.47. The van der Waals surface area contributed by atoms with Crippen molar-refractivity contribution in [3.8, 4) is 0 Å². The molecule has 0 bridgehead atoms. The normalized spacial score (nSPS) is 15.3. The second-order valence-electron chi connectivity index (χ2n) is 12.6. The van der Waals surface area contributed by atoms with Crippen LogP contribution in [-0.4, -0.2) is 47.3 Å². The molecule has 0 atom stereocenters. The Bertz CT molecular complexity index is 417. The zero-order valence-electron chi connectivity index (χ0n) is 21.1. The van der Waals surface area contributed by atoms with Gasteiger partial charge in [0, 0.05) is 33.2 Å². The third-order valence-electron chi connectivity index (χ3n) is 5.36. The minimum Gasteiger partial charge on any atom is -0.315 e. The van der Waals surface area contributed by atoms with Gasteiger partial charge >= 0.3 is 0 Å². The van der Waals surface area contributed by atoms with E-state index >= 15 is 0 Å². The summed E-state index contributed by atoms with van der Waals surface area (Å²) in [5.41, 5.74) is 0.379. The Balaban J connectivity index is 5.09. The summed E-state index contributed by atoms with van der Waals surface area (Å²) in [4.78, 5) is 0. The topological polar surface area (TPSA) is 48.1 Å². The van der Waals surface area contributed by atoms with Gasteiger partial charge in [-0.3, -0.25) is 0 Å². The molecule has 4 N–H and O–H groups in total. The first kappa shape index (κ1) is 26.8. The Morgan fingerprint density at radius 2 is 0.556 bits per heavy atom. The van der Waals surface area contributed by atoms with Crippen molar-refractivity contribution in [3.05, 3.63) is 0 Å². The third kappa shape index (κ3) is 11.4. The number of nitrogens with one attached hydrogen (secondary N) is 4. The maximum absolute atomic E-state index is 3.93. The van der Waals surface area contributed by atoms with E-state index in [9.17, 15) is 0 Å². The lowest BCUT2D eigenvalue weighted by molar-refractivity contribution is 0.140. The molecule has 0 aromatic heterocycles. The van der Waals surface area contributed by atoms with Crippen LogP contribution in [-0.2, 0) is 0 Å². The fourth-order valence-corrected chi connectivity index (χ4v) is 5.50. The lowest BCUT2D eigenvalue weighted by atomic mass is 9.79. The largest absolute Gasteiger partial charge is 0.315 e. The van der Waals surface area contributed by atoms with Crippen LogP contribution in [0.3, 0.4) is 0 Å². The molecule has 0 fully saturated rings. The van der Waals surface area contributed by atoms with Gasteiger partial charge in [0.05, 0.1) is 0 Å². The Kier molecular flexibility index (Phi) is 8.64. The quantitative estimate of drug-likeness (QED) is 0.402. The van der Waals surface area contributed by atoms with Gasteiger partial charge in [-0.1, -0.05) is 0 Å². The van der Waals surface area contributed by atoms with E-state index in [2.05, 4.69) is 104 Å². The van der Waals surface area contributed by atoms with Crippen molar-refractivity contribution in [2.45, 2.75) is 136 Å². The average Bonchev–Trinajstić information content (AvgIpc) is 2.30. The maximum Gasteiger partial charge on any atom is 0.0147 e. The smallest absolute Gasteiger partial charge is 0.0147 e. The number of rotatable bonds is 12. The average molecular weight is 385 g/mol. The van der Waals surface area contributed by atoms with Crippen molar-refractivity contribution in [2.24, 2.45) is 0 Å². The van der Waals surface area contributed by atoms with Crippen LogP contribution in [0.25, 0.3) is 0 Å². The van der Waals surface area contributed by atoms with Gasteiger partial charge in [-0.15, -0.1) is 0 Å². The van der Waals surface area contributed by atoms with E-state index in [1.54, 1.807) is 0 Å². The molecule has 0 amide bonds. The van der Waals surface area contributed by atoms with Crippen LogP contribution in [0.4, 0.5) is 0 Å². The van der Waals surface area contributed by atoms with Crippen molar-refractivity contribution in [1.29, 1.82) is 0 Å². The van der Waals surface area contributed by atoms with Crippen LogP contribution >= 0.6 is 0 Å². The molecule has 0 saturated carbocycles. The molecule has 0 heterocycles. The fraction of sp³-hybridized carbons (Fsp3) is 1.00.